The molecule has 0 bridgehead atoms. The molecule has 1 saturated heterocycles. The van der Waals surface area contributed by atoms with Crippen LogP contribution in [0.3, 0.4) is 0 Å². The maximum Gasteiger partial charge on any atom is 0.0236 e. The van der Waals surface area contributed by atoms with Gasteiger partial charge in [-0.15, -0.1) is 0 Å². The molecule has 3 aromatic rings. The second kappa shape index (κ2) is 18.2. The van der Waals surface area contributed by atoms with Crippen LogP contribution in [0.15, 0.2) is 91.0 Å². The molecule has 6 heteroatoms. The van der Waals surface area contributed by atoms with E-state index < -0.39 is 0 Å². The lowest BCUT2D eigenvalue weighted by Gasteiger charge is -2.35. The SMILES string of the molecule is CN(C)CCN[C@H](CN[C@H](CN[C@@H](Cc1ccccc1)CN1CCN(C)CC1)Cc1ccccc1)Cc1ccccc1. The van der Waals surface area contributed by atoms with E-state index in [4.69, 9.17) is 0 Å². The minimum atomic E-state index is 0.340. The lowest BCUT2D eigenvalue weighted by atomic mass is 10.0. The van der Waals surface area contributed by atoms with Gasteiger partial charge in [0.1, 0.15) is 0 Å². The second-order valence-electron chi connectivity index (χ2n) is 12.3. The average molecular weight is 571 g/mol. The monoisotopic (exact) mass is 570 g/mol. The highest BCUT2D eigenvalue weighted by molar-refractivity contribution is 5.18. The fraction of sp³-hybridized carbons (Fsp3) is 0.500. The largest absolute Gasteiger partial charge is 0.311 e. The van der Waals surface area contributed by atoms with Crippen LogP contribution in [0.5, 0.6) is 0 Å². The molecule has 0 unspecified atom stereocenters. The van der Waals surface area contributed by atoms with Crippen molar-refractivity contribution < 1.29 is 0 Å². The Kier molecular flexibility index (Phi) is 14.0. The first-order chi connectivity index (χ1) is 20.5. The van der Waals surface area contributed by atoms with E-state index in [1.54, 1.807) is 0 Å². The first kappa shape index (κ1) is 32.3. The zero-order valence-electron chi connectivity index (χ0n) is 26.2. The van der Waals surface area contributed by atoms with Crippen molar-refractivity contribution >= 4 is 0 Å². The quantitative estimate of drug-likeness (QED) is 0.218. The minimum absolute atomic E-state index is 0.340. The van der Waals surface area contributed by atoms with E-state index in [1.165, 1.54) is 16.7 Å². The van der Waals surface area contributed by atoms with Gasteiger partial charge in [-0.05, 0) is 57.1 Å². The molecular weight excluding hydrogens is 516 g/mol. The van der Waals surface area contributed by atoms with Crippen LogP contribution in [0.4, 0.5) is 0 Å². The van der Waals surface area contributed by atoms with Gasteiger partial charge in [0.2, 0.25) is 0 Å². The molecule has 0 aromatic heterocycles. The number of nitrogens with one attached hydrogen (secondary N) is 3. The van der Waals surface area contributed by atoms with Gasteiger partial charge in [0.05, 0.1) is 0 Å². The standard InChI is InChI=1S/C36H54N6/c1-40(2)20-19-37-34(25-31-13-7-4-8-14-31)28-38-35(26-32-15-9-5-10-16-32)29-39-36(27-33-17-11-6-12-18-33)30-42-23-21-41(3)22-24-42/h4-18,34-39H,19-30H2,1-3H3/t34-,35-,36-/m0/s1. The number of hydrogen-bond acceptors (Lipinski definition) is 6. The van der Waals surface area contributed by atoms with Crippen LogP contribution in [0.2, 0.25) is 0 Å². The van der Waals surface area contributed by atoms with E-state index in [-0.39, 0.29) is 0 Å². The zero-order valence-corrected chi connectivity index (χ0v) is 26.2. The van der Waals surface area contributed by atoms with Crippen LogP contribution in [0.1, 0.15) is 16.7 Å². The molecule has 3 aromatic carbocycles. The minimum Gasteiger partial charge on any atom is -0.311 e. The smallest absolute Gasteiger partial charge is 0.0236 e. The van der Waals surface area contributed by atoms with Crippen molar-refractivity contribution in [2.45, 2.75) is 37.4 Å². The number of hydrogen-bond donors (Lipinski definition) is 3. The van der Waals surface area contributed by atoms with Gasteiger partial charge < -0.3 is 25.8 Å². The van der Waals surface area contributed by atoms with Crippen LogP contribution in [0.25, 0.3) is 0 Å². The fourth-order valence-electron chi connectivity index (χ4n) is 5.78. The van der Waals surface area contributed by atoms with Gasteiger partial charge >= 0.3 is 0 Å². The van der Waals surface area contributed by atoms with Crippen LogP contribution < -0.4 is 16.0 Å². The summed E-state index contributed by atoms with van der Waals surface area (Å²) < 4.78 is 0. The summed E-state index contributed by atoms with van der Waals surface area (Å²) in [7, 11) is 6.51. The molecule has 42 heavy (non-hydrogen) atoms. The van der Waals surface area contributed by atoms with Crippen LogP contribution in [0, 0.1) is 0 Å². The molecule has 0 aliphatic carbocycles. The summed E-state index contributed by atoms with van der Waals surface area (Å²) in [6, 6.07) is 34.0. The molecule has 0 radical (unpaired) electrons. The summed E-state index contributed by atoms with van der Waals surface area (Å²) in [5.74, 6) is 0. The lowest BCUT2D eigenvalue weighted by molar-refractivity contribution is 0.141. The van der Waals surface area contributed by atoms with E-state index in [0.717, 1.165) is 78.2 Å². The normalized spacial score (nSPS) is 16.9. The van der Waals surface area contributed by atoms with Gasteiger partial charge in [0.25, 0.3) is 0 Å². The molecule has 1 aliphatic heterocycles. The summed E-state index contributed by atoms with van der Waals surface area (Å²) in [6.45, 7) is 9.58. The van der Waals surface area contributed by atoms with E-state index in [9.17, 15) is 0 Å². The number of piperazine rings is 1. The maximum absolute atomic E-state index is 4.03. The number of rotatable bonds is 18. The van der Waals surface area contributed by atoms with Crippen LogP contribution >= 0.6 is 0 Å². The fourth-order valence-corrected chi connectivity index (χ4v) is 5.78. The molecule has 3 N–H and O–H groups in total. The first-order valence-electron chi connectivity index (χ1n) is 15.9. The number of likely N-dealkylation sites (N-methyl/N-ethyl adjacent to an activating group) is 2. The van der Waals surface area contributed by atoms with Gasteiger partial charge in [-0.25, -0.2) is 0 Å². The highest BCUT2D eigenvalue weighted by Crippen LogP contribution is 2.10. The topological polar surface area (TPSA) is 45.8 Å². The third-order valence-electron chi connectivity index (χ3n) is 8.35. The molecule has 228 valence electrons. The van der Waals surface area contributed by atoms with Crippen molar-refractivity contribution in [3.05, 3.63) is 108 Å². The average Bonchev–Trinajstić information content (AvgIpc) is 3.00. The van der Waals surface area contributed by atoms with E-state index >= 15 is 0 Å². The Morgan fingerprint density at radius 1 is 0.595 bits per heavy atom. The molecular formula is C36H54N6. The van der Waals surface area contributed by atoms with Crippen molar-refractivity contribution in [3.8, 4) is 0 Å². The summed E-state index contributed by atoms with van der Waals surface area (Å²) >= 11 is 0. The molecule has 1 aliphatic rings. The molecule has 0 saturated carbocycles. The Morgan fingerprint density at radius 2 is 1.02 bits per heavy atom. The summed E-state index contributed by atoms with van der Waals surface area (Å²) in [5, 5.41) is 11.9. The molecule has 4 rings (SSSR count). The van der Waals surface area contributed by atoms with Gasteiger partial charge in [-0.1, -0.05) is 91.0 Å². The number of benzene rings is 3. The maximum atomic E-state index is 4.03. The van der Waals surface area contributed by atoms with E-state index in [0.29, 0.717) is 18.1 Å². The van der Waals surface area contributed by atoms with Crippen LogP contribution in [-0.2, 0) is 19.3 Å². The Hall–Kier alpha value is -2.58. The zero-order chi connectivity index (χ0) is 29.4. The Bertz CT molecular complexity index is 1090. The predicted molar refractivity (Wildman–Crippen MR) is 178 cm³/mol. The number of nitrogens with zero attached hydrogens (tertiary/aromatic N) is 3. The highest BCUT2D eigenvalue weighted by Gasteiger charge is 2.21. The third kappa shape index (κ3) is 12.3. The van der Waals surface area contributed by atoms with E-state index in [2.05, 4.69) is 143 Å². The van der Waals surface area contributed by atoms with Crippen molar-refractivity contribution in [2.75, 3.05) is 80.0 Å². The van der Waals surface area contributed by atoms with E-state index in [1.807, 2.05) is 0 Å². The predicted octanol–water partition coefficient (Wildman–Crippen LogP) is 3.40. The van der Waals surface area contributed by atoms with Crippen molar-refractivity contribution in [3.63, 3.8) is 0 Å². The first-order valence-corrected chi connectivity index (χ1v) is 15.9. The highest BCUT2D eigenvalue weighted by atomic mass is 15.3. The molecule has 1 heterocycles. The summed E-state index contributed by atoms with van der Waals surface area (Å²) in [4.78, 5) is 7.33. The Balaban J connectivity index is 1.42. The summed E-state index contributed by atoms with van der Waals surface area (Å²) in [6.07, 6.45) is 3.08. The molecule has 0 spiro atoms. The van der Waals surface area contributed by atoms with Gasteiger partial charge in [-0.2, -0.15) is 0 Å². The van der Waals surface area contributed by atoms with Gasteiger partial charge in [0, 0.05) is 77.0 Å². The summed E-state index contributed by atoms with van der Waals surface area (Å²) in [5.41, 5.74) is 4.18. The van der Waals surface area contributed by atoms with Crippen molar-refractivity contribution in [1.82, 2.24) is 30.7 Å². The molecule has 0 amide bonds. The van der Waals surface area contributed by atoms with Crippen molar-refractivity contribution in [1.29, 1.82) is 0 Å². The third-order valence-corrected chi connectivity index (χ3v) is 8.35. The molecule has 6 nitrogen and oxygen atoms in total. The van der Waals surface area contributed by atoms with Gasteiger partial charge in [-0.3, -0.25) is 4.90 Å². The van der Waals surface area contributed by atoms with Crippen molar-refractivity contribution in [2.24, 2.45) is 0 Å². The van der Waals surface area contributed by atoms with Crippen LogP contribution in [-0.4, -0.2) is 113 Å². The molecule has 1 fully saturated rings. The molecule has 3 atom stereocenters. The Morgan fingerprint density at radius 3 is 1.50 bits per heavy atom. The Labute approximate surface area is 255 Å². The second-order valence-corrected chi connectivity index (χ2v) is 12.3. The lowest BCUT2D eigenvalue weighted by Crippen LogP contribution is -2.53. The van der Waals surface area contributed by atoms with Gasteiger partial charge in [0.15, 0.2) is 0 Å².